The third-order valence-corrected chi connectivity index (χ3v) is 2.98. The highest BCUT2D eigenvalue weighted by atomic mass is 15.3. The number of nitrogens with one attached hydrogen (secondary N) is 1. The Hall–Kier alpha value is -1.68. The Kier molecular flexibility index (Phi) is 2.22. The van der Waals surface area contributed by atoms with Gasteiger partial charge in [0.2, 0.25) is 0 Å². The molecule has 0 aromatic carbocycles. The summed E-state index contributed by atoms with van der Waals surface area (Å²) in [4.78, 5) is 4.41. The van der Waals surface area contributed by atoms with Gasteiger partial charge >= 0.3 is 0 Å². The predicted octanol–water partition coefficient (Wildman–Crippen LogP) is 1.13. The van der Waals surface area contributed by atoms with E-state index in [1.54, 1.807) is 0 Å². The van der Waals surface area contributed by atoms with Crippen molar-refractivity contribution in [1.29, 1.82) is 0 Å². The Morgan fingerprint density at radius 2 is 2.31 bits per heavy atom. The van der Waals surface area contributed by atoms with Gasteiger partial charge in [0.15, 0.2) is 0 Å². The van der Waals surface area contributed by atoms with Crippen LogP contribution in [0.2, 0.25) is 0 Å². The maximum atomic E-state index is 4.54. The van der Waals surface area contributed by atoms with Gasteiger partial charge in [0.1, 0.15) is 0 Å². The fraction of sp³-hybridized carbons (Fsp3) is 0.333. The molecule has 4 nitrogen and oxygen atoms in total. The second kappa shape index (κ2) is 3.72. The minimum absolute atomic E-state index is 0.871. The van der Waals surface area contributed by atoms with Crippen LogP contribution in [-0.4, -0.2) is 21.3 Å². The fourth-order valence-corrected chi connectivity index (χ4v) is 2.27. The van der Waals surface area contributed by atoms with Gasteiger partial charge in [-0.05, 0) is 25.1 Å². The van der Waals surface area contributed by atoms with Crippen molar-refractivity contribution in [2.75, 3.05) is 6.54 Å². The Labute approximate surface area is 94.3 Å². The minimum Gasteiger partial charge on any atom is -0.311 e. The molecule has 2 aromatic rings. The van der Waals surface area contributed by atoms with Crippen molar-refractivity contribution in [2.24, 2.45) is 7.05 Å². The zero-order valence-electron chi connectivity index (χ0n) is 9.27. The molecule has 82 valence electrons. The average Bonchev–Trinajstić information content (AvgIpc) is 2.66. The van der Waals surface area contributed by atoms with E-state index >= 15 is 0 Å². The van der Waals surface area contributed by atoms with E-state index in [-0.39, 0.29) is 0 Å². The van der Waals surface area contributed by atoms with Crippen molar-refractivity contribution in [2.45, 2.75) is 13.0 Å². The van der Waals surface area contributed by atoms with E-state index in [0.717, 1.165) is 36.6 Å². The lowest BCUT2D eigenvalue weighted by Crippen LogP contribution is -2.23. The van der Waals surface area contributed by atoms with Crippen LogP contribution in [0.15, 0.2) is 24.4 Å². The Bertz CT molecular complexity index is 501. The van der Waals surface area contributed by atoms with Gasteiger partial charge in [0, 0.05) is 25.4 Å². The number of fused-ring (bicyclic) bond motifs is 1. The number of hydrogen-bond acceptors (Lipinski definition) is 3. The number of nitrogens with zero attached hydrogens (tertiary/aromatic N) is 3. The highest BCUT2D eigenvalue weighted by Crippen LogP contribution is 2.25. The highest BCUT2D eigenvalue weighted by Gasteiger charge is 2.20. The summed E-state index contributed by atoms with van der Waals surface area (Å²) in [7, 11) is 1.99. The lowest BCUT2D eigenvalue weighted by atomic mass is 10.0. The highest BCUT2D eigenvalue weighted by molar-refractivity contribution is 5.61. The van der Waals surface area contributed by atoms with E-state index in [1.807, 2.05) is 36.1 Å². The van der Waals surface area contributed by atoms with Crippen molar-refractivity contribution >= 4 is 0 Å². The van der Waals surface area contributed by atoms with Gasteiger partial charge in [-0.2, -0.15) is 5.10 Å². The molecule has 0 radical (unpaired) electrons. The second-order valence-corrected chi connectivity index (χ2v) is 4.04. The molecule has 4 heteroatoms. The van der Waals surface area contributed by atoms with Gasteiger partial charge in [-0.15, -0.1) is 0 Å². The monoisotopic (exact) mass is 214 g/mol. The standard InChI is InChI=1S/C12H14N4/c1-16-12(10-4-2-3-6-14-10)9-5-7-13-8-11(9)15-16/h2-4,6,13H,5,7-8H2,1H3. The summed E-state index contributed by atoms with van der Waals surface area (Å²) >= 11 is 0. The van der Waals surface area contributed by atoms with E-state index in [4.69, 9.17) is 0 Å². The molecule has 3 heterocycles. The largest absolute Gasteiger partial charge is 0.311 e. The van der Waals surface area contributed by atoms with Crippen LogP contribution in [0.25, 0.3) is 11.4 Å². The molecule has 0 fully saturated rings. The Morgan fingerprint density at radius 1 is 1.38 bits per heavy atom. The molecule has 1 aliphatic rings. The molecule has 0 atom stereocenters. The second-order valence-electron chi connectivity index (χ2n) is 4.04. The number of aromatic nitrogens is 3. The molecule has 0 aliphatic carbocycles. The molecule has 0 amide bonds. The predicted molar refractivity (Wildman–Crippen MR) is 61.8 cm³/mol. The first-order chi connectivity index (χ1) is 7.86. The zero-order chi connectivity index (χ0) is 11.0. The summed E-state index contributed by atoms with van der Waals surface area (Å²) in [6, 6.07) is 6.00. The SMILES string of the molecule is Cn1nc2c(c1-c1ccccn1)CCNC2. The number of rotatable bonds is 1. The van der Waals surface area contributed by atoms with Gasteiger partial charge in [-0.25, -0.2) is 0 Å². The lowest BCUT2D eigenvalue weighted by molar-refractivity contribution is 0.625. The molecule has 0 spiro atoms. The molecule has 16 heavy (non-hydrogen) atoms. The Balaban J connectivity index is 2.17. The maximum Gasteiger partial charge on any atom is 0.0898 e. The van der Waals surface area contributed by atoms with E-state index < -0.39 is 0 Å². The average molecular weight is 214 g/mol. The van der Waals surface area contributed by atoms with Crippen LogP contribution in [0, 0.1) is 0 Å². The van der Waals surface area contributed by atoms with Gasteiger partial charge in [0.05, 0.1) is 17.1 Å². The number of aryl methyl sites for hydroxylation is 1. The molecular formula is C12H14N4. The molecule has 0 saturated carbocycles. The van der Waals surface area contributed by atoms with Crippen LogP contribution < -0.4 is 5.32 Å². The Morgan fingerprint density at radius 3 is 3.12 bits per heavy atom. The first-order valence-corrected chi connectivity index (χ1v) is 5.53. The molecule has 0 unspecified atom stereocenters. The van der Waals surface area contributed by atoms with Crippen molar-refractivity contribution in [1.82, 2.24) is 20.1 Å². The summed E-state index contributed by atoms with van der Waals surface area (Å²) in [6.45, 7) is 1.90. The summed E-state index contributed by atoms with van der Waals surface area (Å²) in [5.41, 5.74) is 4.69. The van der Waals surface area contributed by atoms with Crippen LogP contribution in [-0.2, 0) is 20.0 Å². The molecular weight excluding hydrogens is 200 g/mol. The van der Waals surface area contributed by atoms with Crippen molar-refractivity contribution in [3.8, 4) is 11.4 Å². The topological polar surface area (TPSA) is 42.7 Å². The zero-order valence-corrected chi connectivity index (χ0v) is 9.27. The van der Waals surface area contributed by atoms with E-state index in [9.17, 15) is 0 Å². The third kappa shape index (κ3) is 1.42. The molecule has 1 N–H and O–H groups in total. The fourth-order valence-electron chi connectivity index (χ4n) is 2.27. The van der Waals surface area contributed by atoms with Gasteiger partial charge < -0.3 is 5.32 Å². The molecule has 0 saturated heterocycles. The lowest BCUT2D eigenvalue weighted by Gasteiger charge is -2.12. The van der Waals surface area contributed by atoms with Crippen molar-refractivity contribution < 1.29 is 0 Å². The number of pyridine rings is 1. The summed E-state index contributed by atoms with van der Waals surface area (Å²) < 4.78 is 1.94. The van der Waals surface area contributed by atoms with Crippen molar-refractivity contribution in [3.05, 3.63) is 35.7 Å². The molecule has 2 aromatic heterocycles. The van der Waals surface area contributed by atoms with Crippen LogP contribution in [0.5, 0.6) is 0 Å². The molecule has 1 aliphatic heterocycles. The van der Waals surface area contributed by atoms with Gasteiger partial charge in [-0.1, -0.05) is 6.07 Å². The van der Waals surface area contributed by atoms with E-state index in [2.05, 4.69) is 15.4 Å². The molecule has 3 rings (SSSR count). The summed E-state index contributed by atoms with van der Waals surface area (Å²) in [6.07, 6.45) is 2.87. The van der Waals surface area contributed by atoms with Gasteiger partial charge in [-0.3, -0.25) is 9.67 Å². The quantitative estimate of drug-likeness (QED) is 0.773. The first-order valence-electron chi connectivity index (χ1n) is 5.53. The summed E-state index contributed by atoms with van der Waals surface area (Å²) in [5, 5.41) is 7.88. The number of hydrogen-bond donors (Lipinski definition) is 1. The van der Waals surface area contributed by atoms with Crippen LogP contribution in [0.4, 0.5) is 0 Å². The van der Waals surface area contributed by atoms with Crippen LogP contribution >= 0.6 is 0 Å². The van der Waals surface area contributed by atoms with Gasteiger partial charge in [0.25, 0.3) is 0 Å². The molecule has 0 bridgehead atoms. The van der Waals surface area contributed by atoms with Crippen LogP contribution in [0.1, 0.15) is 11.3 Å². The minimum atomic E-state index is 0.871. The van der Waals surface area contributed by atoms with E-state index in [0.29, 0.717) is 0 Å². The van der Waals surface area contributed by atoms with E-state index in [1.165, 1.54) is 5.56 Å². The van der Waals surface area contributed by atoms with Crippen molar-refractivity contribution in [3.63, 3.8) is 0 Å². The first kappa shape index (κ1) is 9.54. The maximum absolute atomic E-state index is 4.54. The van der Waals surface area contributed by atoms with Crippen LogP contribution in [0.3, 0.4) is 0 Å². The smallest absolute Gasteiger partial charge is 0.0898 e. The third-order valence-electron chi connectivity index (χ3n) is 2.98. The summed E-state index contributed by atoms with van der Waals surface area (Å²) in [5.74, 6) is 0. The normalized spacial score (nSPS) is 14.8.